The van der Waals surface area contributed by atoms with Crippen molar-refractivity contribution in [2.45, 2.75) is 32.9 Å². The summed E-state index contributed by atoms with van der Waals surface area (Å²) < 4.78 is 26.9. The normalized spacial score (nSPS) is 10.9. The van der Waals surface area contributed by atoms with E-state index in [1.165, 1.54) is 18.2 Å². The number of benzene rings is 1. The molecular weight excluding hydrogens is 222 g/mol. The Hall–Kier alpha value is -1.47. The van der Waals surface area contributed by atoms with E-state index in [0.29, 0.717) is 13.0 Å². The minimum absolute atomic E-state index is 0.0686. The molecule has 0 bridgehead atoms. The number of hydrogen-bond acceptors (Lipinski definition) is 2. The van der Waals surface area contributed by atoms with Crippen LogP contribution in [0.15, 0.2) is 18.2 Å². The van der Waals surface area contributed by atoms with Crippen LogP contribution >= 0.6 is 0 Å². The Morgan fingerprint density at radius 2 is 1.88 bits per heavy atom. The van der Waals surface area contributed by atoms with Gasteiger partial charge >= 0.3 is 0 Å². The van der Waals surface area contributed by atoms with Gasteiger partial charge in [0, 0.05) is 31.1 Å². The molecule has 1 aromatic carbocycles. The molecule has 1 aromatic rings. The zero-order valence-corrected chi connectivity index (χ0v) is 10.1. The maximum absolute atomic E-state index is 13.5. The second kappa shape index (κ2) is 6.31. The van der Waals surface area contributed by atoms with E-state index in [-0.39, 0.29) is 18.2 Å². The highest BCUT2D eigenvalue weighted by Crippen LogP contribution is 2.16. The summed E-state index contributed by atoms with van der Waals surface area (Å²) in [6.45, 7) is 4.59. The molecule has 0 unspecified atom stereocenters. The molecule has 92 valence electrons. The first-order chi connectivity index (χ1) is 8.06. The molecule has 0 heterocycles. The van der Waals surface area contributed by atoms with E-state index >= 15 is 0 Å². The van der Waals surface area contributed by atoms with E-state index in [9.17, 15) is 8.78 Å². The summed E-state index contributed by atoms with van der Waals surface area (Å²) in [4.78, 5) is 1.88. The molecule has 0 N–H and O–H groups in total. The van der Waals surface area contributed by atoms with Gasteiger partial charge < -0.3 is 0 Å². The molecule has 2 nitrogen and oxygen atoms in total. The first-order valence-corrected chi connectivity index (χ1v) is 5.60. The average molecular weight is 238 g/mol. The third kappa shape index (κ3) is 3.79. The zero-order chi connectivity index (χ0) is 12.8. The standard InChI is InChI=1S/C13H16F2N2/c1-10(2)17(8-4-7-16)9-11-12(14)5-3-6-13(11)15/h3,5-6,10H,4,8-9H2,1-2H3. The maximum atomic E-state index is 13.5. The minimum Gasteiger partial charge on any atom is -0.295 e. The maximum Gasteiger partial charge on any atom is 0.130 e. The second-order valence-electron chi connectivity index (χ2n) is 4.17. The van der Waals surface area contributed by atoms with E-state index in [1.807, 2.05) is 24.8 Å². The summed E-state index contributed by atoms with van der Waals surface area (Å²) in [6, 6.07) is 6.03. The van der Waals surface area contributed by atoms with Crippen molar-refractivity contribution in [3.8, 4) is 6.07 Å². The summed E-state index contributed by atoms with van der Waals surface area (Å²) in [7, 11) is 0. The summed E-state index contributed by atoms with van der Waals surface area (Å²) in [5.41, 5.74) is 0.0686. The smallest absolute Gasteiger partial charge is 0.130 e. The van der Waals surface area contributed by atoms with Gasteiger partial charge in [-0.1, -0.05) is 6.07 Å². The number of rotatable bonds is 5. The summed E-state index contributed by atoms with van der Waals surface area (Å²) >= 11 is 0. The van der Waals surface area contributed by atoms with Crippen LogP contribution in [0.3, 0.4) is 0 Å². The fraction of sp³-hybridized carbons (Fsp3) is 0.462. The molecule has 0 atom stereocenters. The van der Waals surface area contributed by atoms with E-state index in [2.05, 4.69) is 0 Å². The SMILES string of the molecule is CC(C)N(CCC#N)Cc1c(F)cccc1F. The molecule has 0 aliphatic heterocycles. The molecule has 0 aliphatic carbocycles. The van der Waals surface area contributed by atoms with Crippen LogP contribution < -0.4 is 0 Å². The lowest BCUT2D eigenvalue weighted by molar-refractivity contribution is 0.212. The number of halogens is 2. The Morgan fingerprint density at radius 1 is 1.29 bits per heavy atom. The lowest BCUT2D eigenvalue weighted by atomic mass is 10.1. The Labute approximate surface area is 100 Å². The van der Waals surface area contributed by atoms with Gasteiger partial charge in [-0.25, -0.2) is 8.78 Å². The summed E-state index contributed by atoms with van der Waals surface area (Å²) in [5, 5.41) is 8.55. The van der Waals surface area contributed by atoms with Crippen LogP contribution in [0.5, 0.6) is 0 Å². The predicted octanol–water partition coefficient (Wildman–Crippen LogP) is 3.09. The number of nitriles is 1. The lowest BCUT2D eigenvalue weighted by Crippen LogP contribution is -2.31. The van der Waals surface area contributed by atoms with Crippen molar-refractivity contribution in [1.82, 2.24) is 4.90 Å². The number of nitrogens with zero attached hydrogens (tertiary/aromatic N) is 2. The van der Waals surface area contributed by atoms with E-state index < -0.39 is 11.6 Å². The van der Waals surface area contributed by atoms with Crippen LogP contribution in [0.25, 0.3) is 0 Å². The predicted molar refractivity (Wildman–Crippen MR) is 62.1 cm³/mol. The highest BCUT2D eigenvalue weighted by molar-refractivity contribution is 5.19. The summed E-state index contributed by atoms with van der Waals surface area (Å²) in [6.07, 6.45) is 0.355. The fourth-order valence-electron chi connectivity index (χ4n) is 1.60. The molecular formula is C13H16F2N2. The third-order valence-electron chi connectivity index (χ3n) is 2.66. The van der Waals surface area contributed by atoms with Crippen LogP contribution in [-0.4, -0.2) is 17.5 Å². The Balaban J connectivity index is 2.83. The molecule has 0 amide bonds. The Bertz CT molecular complexity index is 390. The molecule has 0 spiro atoms. The fourth-order valence-corrected chi connectivity index (χ4v) is 1.60. The Kier molecular flexibility index (Phi) is 5.05. The first-order valence-electron chi connectivity index (χ1n) is 5.60. The lowest BCUT2D eigenvalue weighted by Gasteiger charge is -2.25. The largest absolute Gasteiger partial charge is 0.295 e. The van der Waals surface area contributed by atoms with Crippen molar-refractivity contribution in [3.63, 3.8) is 0 Å². The van der Waals surface area contributed by atoms with E-state index in [0.717, 1.165) is 0 Å². The molecule has 4 heteroatoms. The van der Waals surface area contributed by atoms with Crippen molar-refractivity contribution in [3.05, 3.63) is 35.4 Å². The quantitative estimate of drug-likeness (QED) is 0.788. The van der Waals surface area contributed by atoms with Gasteiger partial charge in [-0.05, 0) is 26.0 Å². The molecule has 0 saturated carbocycles. The molecule has 0 saturated heterocycles. The van der Waals surface area contributed by atoms with Gasteiger partial charge in [-0.2, -0.15) is 5.26 Å². The van der Waals surface area contributed by atoms with Gasteiger partial charge in [0.25, 0.3) is 0 Å². The highest BCUT2D eigenvalue weighted by Gasteiger charge is 2.15. The van der Waals surface area contributed by atoms with Crippen molar-refractivity contribution >= 4 is 0 Å². The zero-order valence-electron chi connectivity index (χ0n) is 10.1. The molecule has 0 radical (unpaired) electrons. The minimum atomic E-state index is -0.535. The van der Waals surface area contributed by atoms with Crippen LogP contribution in [0.1, 0.15) is 25.8 Å². The summed E-state index contributed by atoms with van der Waals surface area (Å²) in [5.74, 6) is -1.07. The molecule has 0 aliphatic rings. The van der Waals surface area contributed by atoms with Gasteiger partial charge in [-0.15, -0.1) is 0 Å². The topological polar surface area (TPSA) is 27.0 Å². The average Bonchev–Trinajstić information content (AvgIpc) is 2.27. The van der Waals surface area contributed by atoms with Gasteiger partial charge in [0.15, 0.2) is 0 Å². The molecule has 17 heavy (non-hydrogen) atoms. The van der Waals surface area contributed by atoms with Crippen LogP contribution in [0, 0.1) is 23.0 Å². The van der Waals surface area contributed by atoms with Crippen LogP contribution in [0.4, 0.5) is 8.78 Å². The van der Waals surface area contributed by atoms with Crippen LogP contribution in [0.2, 0.25) is 0 Å². The monoisotopic (exact) mass is 238 g/mol. The van der Waals surface area contributed by atoms with Crippen molar-refractivity contribution in [2.75, 3.05) is 6.54 Å². The van der Waals surface area contributed by atoms with Crippen molar-refractivity contribution in [1.29, 1.82) is 5.26 Å². The van der Waals surface area contributed by atoms with Gasteiger partial charge in [0.05, 0.1) is 6.07 Å². The van der Waals surface area contributed by atoms with E-state index in [1.54, 1.807) is 0 Å². The van der Waals surface area contributed by atoms with Gasteiger partial charge in [0.1, 0.15) is 11.6 Å². The molecule has 0 fully saturated rings. The van der Waals surface area contributed by atoms with E-state index in [4.69, 9.17) is 5.26 Å². The van der Waals surface area contributed by atoms with Crippen LogP contribution in [-0.2, 0) is 6.54 Å². The third-order valence-corrected chi connectivity index (χ3v) is 2.66. The van der Waals surface area contributed by atoms with Gasteiger partial charge in [-0.3, -0.25) is 4.90 Å². The van der Waals surface area contributed by atoms with Crippen molar-refractivity contribution < 1.29 is 8.78 Å². The van der Waals surface area contributed by atoms with Gasteiger partial charge in [0.2, 0.25) is 0 Å². The number of hydrogen-bond donors (Lipinski definition) is 0. The molecule has 0 aromatic heterocycles. The van der Waals surface area contributed by atoms with Crippen molar-refractivity contribution in [2.24, 2.45) is 0 Å². The first kappa shape index (κ1) is 13.6. The highest BCUT2D eigenvalue weighted by atomic mass is 19.1. The molecule has 1 rings (SSSR count). The Morgan fingerprint density at radius 3 is 2.35 bits per heavy atom. The second-order valence-corrected chi connectivity index (χ2v) is 4.17.